The molecule has 0 bridgehead atoms. The molecule has 5 rings (SSSR count). The first-order valence-corrected chi connectivity index (χ1v) is 9.20. The lowest BCUT2D eigenvalue weighted by Crippen LogP contribution is -2.56. The lowest BCUT2D eigenvalue weighted by molar-refractivity contribution is -0.273. The highest BCUT2D eigenvalue weighted by molar-refractivity contribution is 5.96. The van der Waals surface area contributed by atoms with Crippen LogP contribution in [-0.4, -0.2) is 61.7 Å². The molecule has 2 aromatic carbocycles. The fourth-order valence-electron chi connectivity index (χ4n) is 3.96. The van der Waals surface area contributed by atoms with Crippen molar-refractivity contribution >= 4 is 21.9 Å². The van der Waals surface area contributed by atoms with Crippen LogP contribution in [0.5, 0.6) is 23.0 Å². The summed E-state index contributed by atoms with van der Waals surface area (Å²) >= 11 is 0. The minimum atomic E-state index is -1.53. The van der Waals surface area contributed by atoms with E-state index in [0.29, 0.717) is 0 Å². The number of rotatable bonds is 1. The van der Waals surface area contributed by atoms with Gasteiger partial charge in [-0.25, -0.2) is 0 Å². The minimum Gasteiger partial charge on any atom is -0.507 e. The summed E-state index contributed by atoms with van der Waals surface area (Å²) < 4.78 is 11.3. The van der Waals surface area contributed by atoms with Crippen molar-refractivity contribution in [1.82, 2.24) is 11.8 Å². The molecule has 3 aromatic rings. The van der Waals surface area contributed by atoms with Crippen molar-refractivity contribution in [2.75, 3.05) is 6.61 Å². The molecule has 3 heterocycles. The zero-order valence-corrected chi connectivity index (χ0v) is 16.3. The van der Waals surface area contributed by atoms with Crippen LogP contribution in [0.2, 0.25) is 0 Å². The zero-order valence-electron chi connectivity index (χ0n) is 16.3. The second-order valence-electron chi connectivity index (χ2n) is 7.31. The lowest BCUT2D eigenvalue weighted by Gasteiger charge is -2.40. The standard InChI is InChI=1S/C19H17NO11.H3N/c21-4-11-15(26)16(27)19-18(29-11)12-8(24)3-10-13(17(12)30-20-31-19)14(25)5-1-6(22)7(23)2-9(5)28-10;/h1-3,11,15-16,18-24,26-27H,4H2;1H3. The zero-order chi connectivity index (χ0) is 22.0. The average Bonchev–Trinajstić information content (AvgIpc) is 2.92. The van der Waals surface area contributed by atoms with Gasteiger partial charge in [0.2, 0.25) is 5.43 Å². The van der Waals surface area contributed by atoms with E-state index in [4.69, 9.17) is 18.8 Å². The number of fused-ring (bicyclic) bond motifs is 6. The number of hydrogen-bond acceptors (Lipinski definition) is 13. The van der Waals surface area contributed by atoms with Crippen molar-refractivity contribution in [1.29, 1.82) is 0 Å². The molecule has 10 N–H and O–H groups in total. The fourth-order valence-corrected chi connectivity index (χ4v) is 3.96. The van der Waals surface area contributed by atoms with Gasteiger partial charge in [-0.3, -0.25) is 9.63 Å². The normalized spacial score (nSPS) is 27.2. The van der Waals surface area contributed by atoms with Crippen molar-refractivity contribution in [2.24, 2.45) is 0 Å². The van der Waals surface area contributed by atoms with Crippen molar-refractivity contribution < 1.29 is 49.5 Å². The SMILES string of the molecule is N.O=c1c2cc(O)c(O)cc2oc2cc(O)c3c(c12)ONOC1C3OC(CO)C(O)C1O. The quantitative estimate of drug-likeness (QED) is 0.173. The topological polar surface area (TPSA) is 226 Å². The highest BCUT2D eigenvalue weighted by Crippen LogP contribution is 2.47. The van der Waals surface area contributed by atoms with Crippen LogP contribution in [0.25, 0.3) is 21.9 Å². The number of benzene rings is 2. The lowest BCUT2D eigenvalue weighted by atomic mass is 9.89. The first-order chi connectivity index (χ1) is 14.8. The van der Waals surface area contributed by atoms with Gasteiger partial charge < -0.3 is 50.8 Å². The van der Waals surface area contributed by atoms with E-state index in [1.807, 2.05) is 0 Å². The van der Waals surface area contributed by atoms with E-state index in [0.717, 1.165) is 18.2 Å². The highest BCUT2D eigenvalue weighted by Gasteiger charge is 2.49. The van der Waals surface area contributed by atoms with Gasteiger partial charge in [-0.15, -0.1) is 0 Å². The Morgan fingerprint density at radius 1 is 0.969 bits per heavy atom. The van der Waals surface area contributed by atoms with E-state index in [1.54, 1.807) is 0 Å². The van der Waals surface area contributed by atoms with E-state index in [2.05, 4.69) is 5.64 Å². The third kappa shape index (κ3) is 3.03. The maximum absolute atomic E-state index is 13.2. The highest BCUT2D eigenvalue weighted by atomic mass is 16.9. The number of aliphatic hydroxyl groups is 3. The number of ether oxygens (including phenoxy) is 1. The summed E-state index contributed by atoms with van der Waals surface area (Å²) in [4.78, 5) is 23.7. The molecule has 172 valence electrons. The summed E-state index contributed by atoms with van der Waals surface area (Å²) in [5.74, 6) is -1.70. The molecule has 13 nitrogen and oxygen atoms in total. The van der Waals surface area contributed by atoms with E-state index >= 15 is 0 Å². The molecule has 1 saturated heterocycles. The summed E-state index contributed by atoms with van der Waals surface area (Å²) in [6.45, 7) is -0.630. The van der Waals surface area contributed by atoms with Gasteiger partial charge in [-0.2, -0.15) is 0 Å². The van der Waals surface area contributed by atoms with Crippen LogP contribution in [0.1, 0.15) is 11.7 Å². The van der Waals surface area contributed by atoms with E-state index in [9.17, 15) is 35.4 Å². The first-order valence-electron chi connectivity index (χ1n) is 9.20. The number of aromatic hydroxyl groups is 3. The van der Waals surface area contributed by atoms with Crippen molar-refractivity contribution in [3.63, 3.8) is 0 Å². The van der Waals surface area contributed by atoms with Gasteiger partial charge in [-0.1, -0.05) is 0 Å². The van der Waals surface area contributed by atoms with E-state index < -0.39 is 59.8 Å². The summed E-state index contributed by atoms with van der Waals surface area (Å²) in [5, 5.41) is 59.9. The number of nitrogens with one attached hydrogen (secondary N) is 1. The van der Waals surface area contributed by atoms with Crippen LogP contribution in [0.15, 0.2) is 27.4 Å². The van der Waals surface area contributed by atoms with Crippen LogP contribution in [0, 0.1) is 0 Å². The maximum atomic E-state index is 13.2. The van der Waals surface area contributed by atoms with Crippen LogP contribution in [0.3, 0.4) is 0 Å². The number of phenols is 3. The van der Waals surface area contributed by atoms with Gasteiger partial charge >= 0.3 is 0 Å². The third-order valence-electron chi connectivity index (χ3n) is 5.51. The monoisotopic (exact) mass is 452 g/mol. The smallest absolute Gasteiger partial charge is 0.204 e. The van der Waals surface area contributed by atoms with E-state index in [1.165, 1.54) is 0 Å². The Hall–Kier alpha value is -3.17. The fraction of sp³-hybridized carbons (Fsp3) is 0.316. The van der Waals surface area contributed by atoms with E-state index in [-0.39, 0.29) is 39.4 Å². The molecule has 0 saturated carbocycles. The first kappa shape index (κ1) is 22.0. The Morgan fingerprint density at radius 2 is 1.66 bits per heavy atom. The second kappa shape index (κ2) is 7.75. The molecule has 1 fully saturated rings. The van der Waals surface area contributed by atoms with Crippen LogP contribution in [-0.2, 0) is 9.57 Å². The predicted molar refractivity (Wildman–Crippen MR) is 105 cm³/mol. The predicted octanol–water partition coefficient (Wildman–Crippen LogP) is -0.424. The molecule has 5 atom stereocenters. The molecule has 1 aromatic heterocycles. The Balaban J connectivity index is 0.00000245. The molecule has 5 unspecified atom stereocenters. The van der Waals surface area contributed by atoms with Gasteiger partial charge in [-0.05, 0) is 11.7 Å². The van der Waals surface area contributed by atoms with Gasteiger partial charge in [0, 0.05) is 12.1 Å². The Kier molecular flexibility index (Phi) is 5.34. The molecule has 0 amide bonds. The van der Waals surface area contributed by atoms with Gasteiger partial charge in [0.1, 0.15) is 52.8 Å². The van der Waals surface area contributed by atoms with Crippen LogP contribution < -0.4 is 22.1 Å². The van der Waals surface area contributed by atoms with Crippen LogP contribution in [0.4, 0.5) is 0 Å². The Bertz CT molecular complexity index is 1260. The van der Waals surface area contributed by atoms with Gasteiger partial charge in [0.25, 0.3) is 0 Å². The van der Waals surface area contributed by atoms with Gasteiger partial charge in [0.05, 0.1) is 17.6 Å². The number of phenolic OH excluding ortho intramolecular Hbond substituents is 3. The average molecular weight is 452 g/mol. The summed E-state index contributed by atoms with van der Waals surface area (Å²) in [5.41, 5.74) is 1.22. The largest absolute Gasteiger partial charge is 0.507 e. The van der Waals surface area contributed by atoms with Crippen molar-refractivity contribution in [3.8, 4) is 23.0 Å². The maximum Gasteiger partial charge on any atom is 0.204 e. The molecule has 32 heavy (non-hydrogen) atoms. The molecular formula is C19H20N2O11. The number of hydrogen-bond donors (Lipinski definition) is 8. The summed E-state index contributed by atoms with van der Waals surface area (Å²) in [6.07, 6.45) is -6.72. The second-order valence-corrected chi connectivity index (χ2v) is 7.31. The third-order valence-corrected chi connectivity index (χ3v) is 5.51. The minimum absolute atomic E-state index is 0. The molecule has 2 aliphatic heterocycles. The van der Waals surface area contributed by atoms with Crippen molar-refractivity contribution in [2.45, 2.75) is 30.5 Å². The molecule has 0 spiro atoms. The van der Waals surface area contributed by atoms with Crippen LogP contribution >= 0.6 is 0 Å². The molecule has 13 heteroatoms. The summed E-state index contributed by atoms with van der Waals surface area (Å²) in [6, 6.07) is 3.21. The molecular weight excluding hydrogens is 432 g/mol. The molecule has 2 aliphatic rings. The molecule has 0 radical (unpaired) electrons. The summed E-state index contributed by atoms with van der Waals surface area (Å²) in [7, 11) is 0. The van der Waals surface area contributed by atoms with Gasteiger partial charge in [0.15, 0.2) is 17.2 Å². The Morgan fingerprint density at radius 3 is 2.38 bits per heavy atom. The number of aliphatic hydroxyl groups excluding tert-OH is 3. The Labute approximate surface area is 178 Å². The molecule has 0 aliphatic carbocycles. The van der Waals surface area contributed by atoms with Crippen molar-refractivity contribution in [3.05, 3.63) is 34.0 Å².